The number of nitrogens with one attached hydrogen (secondary N) is 1. The molecule has 1 aromatic heterocycles. The zero-order valence-corrected chi connectivity index (χ0v) is 12.5. The Kier molecular flexibility index (Phi) is 4.96. The highest BCUT2D eigenvalue weighted by molar-refractivity contribution is 7.10. The number of ether oxygens (including phenoxy) is 1. The van der Waals surface area contributed by atoms with Gasteiger partial charge in [-0.15, -0.1) is 11.3 Å². The summed E-state index contributed by atoms with van der Waals surface area (Å²) in [6.45, 7) is 9.08. The molecule has 1 N–H and O–H groups in total. The quantitative estimate of drug-likeness (QED) is 0.889. The molecule has 0 saturated carbocycles. The Morgan fingerprint density at radius 1 is 1.47 bits per heavy atom. The van der Waals surface area contributed by atoms with E-state index in [9.17, 15) is 4.79 Å². The second-order valence-corrected chi connectivity index (χ2v) is 6.26. The van der Waals surface area contributed by atoms with E-state index in [2.05, 4.69) is 10.2 Å². The number of thiophene rings is 1. The molecule has 0 unspecified atom stereocenters. The average Bonchev–Trinajstić information content (AvgIpc) is 2.94. The lowest BCUT2D eigenvalue weighted by molar-refractivity contribution is -0.125. The Morgan fingerprint density at radius 2 is 2.21 bits per heavy atom. The van der Waals surface area contributed by atoms with E-state index in [1.807, 2.05) is 31.4 Å². The molecule has 2 heterocycles. The van der Waals surface area contributed by atoms with E-state index in [-0.39, 0.29) is 5.91 Å². The molecule has 0 bridgehead atoms. The highest BCUT2D eigenvalue weighted by atomic mass is 32.1. The minimum absolute atomic E-state index is 0.100. The highest BCUT2D eigenvalue weighted by Crippen LogP contribution is 2.27. The van der Waals surface area contributed by atoms with Gasteiger partial charge in [0, 0.05) is 31.1 Å². The predicted molar refractivity (Wildman–Crippen MR) is 77.6 cm³/mol. The number of carbonyl (C=O) groups excluding carboxylic acids is 1. The third-order valence-electron chi connectivity index (χ3n) is 3.52. The van der Waals surface area contributed by atoms with E-state index >= 15 is 0 Å². The average molecular weight is 282 g/mol. The van der Waals surface area contributed by atoms with Gasteiger partial charge in [0.05, 0.1) is 18.6 Å². The fraction of sp³-hybridized carbons (Fsp3) is 0.643. The molecule has 19 heavy (non-hydrogen) atoms. The van der Waals surface area contributed by atoms with Crippen LogP contribution in [0.3, 0.4) is 0 Å². The summed E-state index contributed by atoms with van der Waals surface area (Å²) in [5.74, 6) is 0.100. The van der Waals surface area contributed by atoms with E-state index in [1.165, 1.54) is 0 Å². The van der Waals surface area contributed by atoms with E-state index in [0.29, 0.717) is 6.54 Å². The highest BCUT2D eigenvalue weighted by Gasteiger charge is 2.30. The van der Waals surface area contributed by atoms with Crippen LogP contribution in [0.25, 0.3) is 0 Å². The molecule has 5 heteroatoms. The van der Waals surface area contributed by atoms with E-state index in [4.69, 9.17) is 4.74 Å². The van der Waals surface area contributed by atoms with Gasteiger partial charge in [0.2, 0.25) is 5.91 Å². The number of morpholine rings is 1. The van der Waals surface area contributed by atoms with Crippen molar-refractivity contribution in [2.75, 3.05) is 39.4 Å². The van der Waals surface area contributed by atoms with Crippen molar-refractivity contribution < 1.29 is 9.53 Å². The van der Waals surface area contributed by atoms with E-state index in [0.717, 1.165) is 37.7 Å². The number of amides is 1. The molecule has 1 fully saturated rings. The normalized spacial score (nSPS) is 17.4. The van der Waals surface area contributed by atoms with Crippen molar-refractivity contribution in [3.8, 4) is 0 Å². The molecule has 0 aliphatic carbocycles. The maximum absolute atomic E-state index is 12.3. The first-order valence-electron chi connectivity index (χ1n) is 6.73. The summed E-state index contributed by atoms with van der Waals surface area (Å²) in [5, 5.41) is 5.06. The van der Waals surface area contributed by atoms with Gasteiger partial charge < -0.3 is 10.1 Å². The number of nitrogens with zero attached hydrogens (tertiary/aromatic N) is 1. The Bertz CT molecular complexity index is 398. The van der Waals surface area contributed by atoms with Crippen LogP contribution >= 0.6 is 11.3 Å². The number of rotatable bonds is 5. The van der Waals surface area contributed by atoms with Crippen molar-refractivity contribution in [2.24, 2.45) is 0 Å². The van der Waals surface area contributed by atoms with E-state index < -0.39 is 5.41 Å². The van der Waals surface area contributed by atoms with Crippen LogP contribution in [0, 0.1) is 0 Å². The maximum Gasteiger partial charge on any atom is 0.230 e. The van der Waals surface area contributed by atoms with Crippen molar-refractivity contribution in [3.05, 3.63) is 22.4 Å². The van der Waals surface area contributed by atoms with Crippen LogP contribution in [-0.4, -0.2) is 50.2 Å². The molecule has 1 amide bonds. The van der Waals surface area contributed by atoms with Gasteiger partial charge in [-0.05, 0) is 25.3 Å². The number of carbonyl (C=O) groups is 1. The zero-order valence-electron chi connectivity index (χ0n) is 11.6. The molecule has 0 atom stereocenters. The Balaban J connectivity index is 1.77. The smallest absolute Gasteiger partial charge is 0.230 e. The van der Waals surface area contributed by atoms with Crippen molar-refractivity contribution >= 4 is 17.2 Å². The summed E-state index contributed by atoms with van der Waals surface area (Å²) in [6, 6.07) is 4.01. The van der Waals surface area contributed by atoms with Gasteiger partial charge in [-0.2, -0.15) is 0 Å². The lowest BCUT2D eigenvalue weighted by atomic mass is 9.90. The van der Waals surface area contributed by atoms with Crippen LogP contribution in [0.2, 0.25) is 0 Å². The van der Waals surface area contributed by atoms with Crippen LogP contribution in [-0.2, 0) is 14.9 Å². The van der Waals surface area contributed by atoms with Crippen LogP contribution in [0.4, 0.5) is 0 Å². The Hall–Kier alpha value is -0.910. The standard InChI is InChI=1S/C14H22N2O2S/c1-14(2,12-4-3-11-19-12)13(17)15-5-6-16-7-9-18-10-8-16/h3-4,11H,5-10H2,1-2H3,(H,15,17). The summed E-state index contributed by atoms with van der Waals surface area (Å²) in [5.41, 5.74) is -0.445. The minimum atomic E-state index is -0.445. The summed E-state index contributed by atoms with van der Waals surface area (Å²) >= 11 is 1.63. The first kappa shape index (κ1) is 14.5. The second kappa shape index (κ2) is 6.50. The lowest BCUT2D eigenvalue weighted by Gasteiger charge is -2.27. The Morgan fingerprint density at radius 3 is 2.84 bits per heavy atom. The molecule has 0 radical (unpaired) electrons. The molecule has 106 valence electrons. The topological polar surface area (TPSA) is 41.6 Å². The second-order valence-electron chi connectivity index (χ2n) is 5.31. The molecule has 0 spiro atoms. The molecule has 1 aliphatic heterocycles. The van der Waals surface area contributed by atoms with E-state index in [1.54, 1.807) is 11.3 Å². The molecule has 2 rings (SSSR count). The van der Waals surface area contributed by atoms with Crippen molar-refractivity contribution in [3.63, 3.8) is 0 Å². The molecule has 4 nitrogen and oxygen atoms in total. The summed E-state index contributed by atoms with van der Waals surface area (Å²) in [7, 11) is 0. The van der Waals surface area contributed by atoms with Crippen LogP contribution in [0.15, 0.2) is 17.5 Å². The summed E-state index contributed by atoms with van der Waals surface area (Å²) in [4.78, 5) is 15.7. The minimum Gasteiger partial charge on any atom is -0.379 e. The predicted octanol–water partition coefficient (Wildman–Crippen LogP) is 1.47. The van der Waals surface area contributed by atoms with Gasteiger partial charge in [-0.1, -0.05) is 6.07 Å². The first-order chi connectivity index (χ1) is 9.10. The van der Waals surface area contributed by atoms with Crippen molar-refractivity contribution in [1.29, 1.82) is 0 Å². The van der Waals surface area contributed by atoms with Gasteiger partial charge in [0.15, 0.2) is 0 Å². The monoisotopic (exact) mass is 282 g/mol. The van der Waals surface area contributed by atoms with Crippen LogP contribution in [0.5, 0.6) is 0 Å². The Labute approximate surface area is 118 Å². The molecule has 1 aromatic rings. The number of hydrogen-bond acceptors (Lipinski definition) is 4. The zero-order chi connectivity index (χ0) is 13.7. The molecule has 1 saturated heterocycles. The first-order valence-corrected chi connectivity index (χ1v) is 7.61. The van der Waals surface area contributed by atoms with Crippen LogP contribution in [0.1, 0.15) is 18.7 Å². The van der Waals surface area contributed by atoms with Crippen molar-refractivity contribution in [2.45, 2.75) is 19.3 Å². The van der Waals surface area contributed by atoms with Crippen molar-refractivity contribution in [1.82, 2.24) is 10.2 Å². The van der Waals surface area contributed by atoms with Gasteiger partial charge in [-0.3, -0.25) is 9.69 Å². The summed E-state index contributed by atoms with van der Waals surface area (Å²) in [6.07, 6.45) is 0. The van der Waals surface area contributed by atoms with Gasteiger partial charge in [0.25, 0.3) is 0 Å². The SMILES string of the molecule is CC(C)(C(=O)NCCN1CCOCC1)c1cccs1. The van der Waals surface area contributed by atoms with Gasteiger partial charge in [-0.25, -0.2) is 0 Å². The molecule has 0 aromatic carbocycles. The third kappa shape index (κ3) is 3.78. The van der Waals surface area contributed by atoms with Gasteiger partial charge in [0.1, 0.15) is 0 Å². The largest absolute Gasteiger partial charge is 0.379 e. The number of hydrogen-bond donors (Lipinski definition) is 1. The third-order valence-corrected chi connectivity index (χ3v) is 4.72. The fourth-order valence-corrected chi connectivity index (χ4v) is 2.97. The van der Waals surface area contributed by atoms with Crippen LogP contribution < -0.4 is 5.32 Å². The molecular formula is C14H22N2O2S. The summed E-state index contributed by atoms with van der Waals surface area (Å²) < 4.78 is 5.30. The van der Waals surface area contributed by atoms with Gasteiger partial charge >= 0.3 is 0 Å². The maximum atomic E-state index is 12.3. The molecule has 1 aliphatic rings. The lowest BCUT2D eigenvalue weighted by Crippen LogP contribution is -2.45. The molecular weight excluding hydrogens is 260 g/mol. The fourth-order valence-electron chi connectivity index (χ4n) is 2.12.